The van der Waals surface area contributed by atoms with Crippen molar-refractivity contribution in [2.45, 2.75) is 0 Å². The van der Waals surface area contributed by atoms with Gasteiger partial charge in [0.1, 0.15) is 17.3 Å². The minimum atomic E-state index is -0.380. The van der Waals surface area contributed by atoms with Crippen molar-refractivity contribution in [3.63, 3.8) is 0 Å². The van der Waals surface area contributed by atoms with Crippen LogP contribution in [-0.2, 0) is 0 Å². The third-order valence-corrected chi connectivity index (χ3v) is 3.09. The highest BCUT2D eigenvalue weighted by atomic mass is 19.1. The van der Waals surface area contributed by atoms with Crippen molar-refractivity contribution in [3.8, 4) is 5.75 Å². The molecule has 4 nitrogen and oxygen atoms in total. The van der Waals surface area contributed by atoms with Crippen molar-refractivity contribution >= 4 is 16.7 Å². The molecule has 0 aliphatic rings. The normalized spacial score (nSPS) is 10.7. The molecule has 0 atom stereocenters. The summed E-state index contributed by atoms with van der Waals surface area (Å²) in [5.74, 6) is 0.00617. The zero-order chi connectivity index (χ0) is 14.1. The van der Waals surface area contributed by atoms with Crippen LogP contribution >= 0.6 is 0 Å². The van der Waals surface area contributed by atoms with E-state index in [-0.39, 0.29) is 11.6 Å². The fraction of sp³-hybridized carbons (Fsp3) is 0.0667. The number of aromatic amines is 1. The molecule has 1 heterocycles. The lowest BCUT2D eigenvalue weighted by Crippen LogP contribution is -2.02. The van der Waals surface area contributed by atoms with Crippen molar-refractivity contribution in [2.24, 2.45) is 0 Å². The first-order chi connectivity index (χ1) is 9.69. The first-order valence-corrected chi connectivity index (χ1v) is 6.01. The first-order valence-electron chi connectivity index (χ1n) is 6.01. The molecule has 5 heteroatoms. The number of carbonyl (C=O) groups is 1. The number of hydrogen-bond donors (Lipinski definition) is 1. The number of benzene rings is 2. The van der Waals surface area contributed by atoms with Gasteiger partial charge in [-0.05, 0) is 42.5 Å². The molecule has 20 heavy (non-hydrogen) atoms. The van der Waals surface area contributed by atoms with E-state index >= 15 is 0 Å². The van der Waals surface area contributed by atoms with Gasteiger partial charge in [0.2, 0.25) is 5.78 Å². The summed E-state index contributed by atoms with van der Waals surface area (Å²) in [6.07, 6.45) is 0. The van der Waals surface area contributed by atoms with E-state index < -0.39 is 0 Å². The Morgan fingerprint density at radius 1 is 1.20 bits per heavy atom. The second-order valence-corrected chi connectivity index (χ2v) is 4.32. The molecule has 0 saturated heterocycles. The molecule has 0 saturated carbocycles. The van der Waals surface area contributed by atoms with Gasteiger partial charge in [0.15, 0.2) is 0 Å². The number of ether oxygens (including phenoxy) is 1. The van der Waals surface area contributed by atoms with E-state index in [4.69, 9.17) is 4.74 Å². The molecule has 1 N–H and O–H groups in total. The second kappa shape index (κ2) is 4.77. The van der Waals surface area contributed by atoms with Crippen molar-refractivity contribution in [2.75, 3.05) is 7.11 Å². The van der Waals surface area contributed by atoms with Gasteiger partial charge in [-0.15, -0.1) is 0 Å². The summed E-state index contributed by atoms with van der Waals surface area (Å²) in [5.41, 5.74) is 1.43. The van der Waals surface area contributed by atoms with Crippen LogP contribution in [0, 0.1) is 5.82 Å². The van der Waals surface area contributed by atoms with Crippen LogP contribution in [0.5, 0.6) is 5.75 Å². The maximum absolute atomic E-state index is 12.9. The lowest BCUT2D eigenvalue weighted by molar-refractivity contribution is 0.103. The number of aromatic nitrogens is 2. The average Bonchev–Trinajstić information content (AvgIpc) is 2.90. The molecule has 1 aromatic heterocycles. The number of methoxy groups -OCH3 is 1. The Balaban J connectivity index is 2.09. The second-order valence-electron chi connectivity index (χ2n) is 4.32. The van der Waals surface area contributed by atoms with E-state index in [9.17, 15) is 9.18 Å². The van der Waals surface area contributed by atoms with Crippen molar-refractivity contribution in [3.05, 3.63) is 59.5 Å². The number of hydrogen-bond acceptors (Lipinski definition) is 3. The predicted octanol–water partition coefficient (Wildman–Crippen LogP) is 2.94. The Morgan fingerprint density at radius 3 is 2.65 bits per heavy atom. The van der Waals surface area contributed by atoms with E-state index in [0.717, 1.165) is 5.52 Å². The summed E-state index contributed by atoms with van der Waals surface area (Å²) < 4.78 is 18.0. The molecule has 0 bridgehead atoms. The zero-order valence-corrected chi connectivity index (χ0v) is 10.7. The van der Waals surface area contributed by atoms with Crippen molar-refractivity contribution in [1.82, 2.24) is 10.2 Å². The summed E-state index contributed by atoms with van der Waals surface area (Å²) >= 11 is 0. The fourth-order valence-corrected chi connectivity index (χ4v) is 2.03. The number of fused-ring (bicyclic) bond motifs is 1. The van der Waals surface area contributed by atoms with Crippen LogP contribution in [0.4, 0.5) is 4.39 Å². The number of nitrogens with one attached hydrogen (secondary N) is 1. The first kappa shape index (κ1) is 12.3. The van der Waals surface area contributed by atoms with Gasteiger partial charge in [0.05, 0.1) is 12.6 Å². The van der Waals surface area contributed by atoms with Crippen LogP contribution in [-0.4, -0.2) is 23.1 Å². The Hall–Kier alpha value is -2.69. The van der Waals surface area contributed by atoms with E-state index in [0.29, 0.717) is 22.4 Å². The molecule has 0 fully saturated rings. The summed E-state index contributed by atoms with van der Waals surface area (Å²) in [6.45, 7) is 0. The Labute approximate surface area is 114 Å². The number of halogens is 1. The van der Waals surface area contributed by atoms with E-state index in [1.54, 1.807) is 25.3 Å². The predicted molar refractivity (Wildman–Crippen MR) is 72.5 cm³/mol. The smallest absolute Gasteiger partial charge is 0.213 e. The number of carbonyl (C=O) groups excluding carboxylic acids is 1. The standard InChI is InChI=1S/C15H11FN2O2/c1-20-11-6-7-13-12(8-11)14(18-17-13)15(19)9-2-4-10(16)5-3-9/h2-8H,1H3,(H,17,18). The summed E-state index contributed by atoms with van der Waals surface area (Å²) in [4.78, 5) is 12.4. The number of rotatable bonds is 3. The molecule has 0 aliphatic carbocycles. The number of nitrogens with zero attached hydrogens (tertiary/aromatic N) is 1. The molecule has 100 valence electrons. The Kier molecular flexibility index (Phi) is 2.95. The molecule has 0 unspecified atom stereocenters. The van der Waals surface area contributed by atoms with Crippen LogP contribution in [0.1, 0.15) is 16.1 Å². The van der Waals surface area contributed by atoms with Crippen LogP contribution in [0.3, 0.4) is 0 Å². The molecular weight excluding hydrogens is 259 g/mol. The van der Waals surface area contributed by atoms with Crippen molar-refractivity contribution in [1.29, 1.82) is 0 Å². The van der Waals surface area contributed by atoms with Gasteiger partial charge in [0.25, 0.3) is 0 Å². The van der Waals surface area contributed by atoms with Gasteiger partial charge in [-0.2, -0.15) is 5.10 Å². The molecule has 0 aliphatic heterocycles. The molecule has 0 amide bonds. The van der Waals surface area contributed by atoms with Crippen LogP contribution in [0.2, 0.25) is 0 Å². The van der Waals surface area contributed by atoms with E-state index in [2.05, 4.69) is 10.2 Å². The minimum Gasteiger partial charge on any atom is -0.497 e. The molecule has 2 aromatic carbocycles. The molecule has 3 aromatic rings. The van der Waals surface area contributed by atoms with Gasteiger partial charge in [-0.1, -0.05) is 0 Å². The highest BCUT2D eigenvalue weighted by molar-refractivity contribution is 6.14. The zero-order valence-electron chi connectivity index (χ0n) is 10.7. The van der Waals surface area contributed by atoms with Gasteiger partial charge >= 0.3 is 0 Å². The average molecular weight is 270 g/mol. The molecule has 0 spiro atoms. The molecule has 3 rings (SSSR count). The highest BCUT2D eigenvalue weighted by Gasteiger charge is 2.16. The fourth-order valence-electron chi connectivity index (χ4n) is 2.03. The Morgan fingerprint density at radius 2 is 1.95 bits per heavy atom. The lowest BCUT2D eigenvalue weighted by atomic mass is 10.1. The van der Waals surface area contributed by atoms with Crippen LogP contribution in [0.25, 0.3) is 10.9 Å². The number of ketones is 1. The summed E-state index contributed by atoms with van der Waals surface area (Å²) in [7, 11) is 1.56. The third kappa shape index (κ3) is 2.03. The van der Waals surface area contributed by atoms with Crippen molar-refractivity contribution < 1.29 is 13.9 Å². The van der Waals surface area contributed by atoms with Gasteiger partial charge < -0.3 is 4.74 Å². The highest BCUT2D eigenvalue weighted by Crippen LogP contribution is 2.23. The SMILES string of the molecule is COc1ccc2[nH]nc(C(=O)c3ccc(F)cc3)c2c1. The quantitative estimate of drug-likeness (QED) is 0.744. The van der Waals surface area contributed by atoms with E-state index in [1.165, 1.54) is 24.3 Å². The van der Waals surface area contributed by atoms with E-state index in [1.807, 2.05) is 0 Å². The number of H-pyrrole nitrogens is 1. The topological polar surface area (TPSA) is 55.0 Å². The van der Waals surface area contributed by atoms with Gasteiger partial charge in [0, 0.05) is 10.9 Å². The summed E-state index contributed by atoms with van der Waals surface area (Å²) in [6, 6.07) is 10.7. The summed E-state index contributed by atoms with van der Waals surface area (Å²) in [5, 5.41) is 7.53. The Bertz CT molecular complexity index is 778. The minimum absolute atomic E-state index is 0.260. The molecular formula is C15H11FN2O2. The maximum Gasteiger partial charge on any atom is 0.213 e. The maximum atomic E-state index is 12.9. The van der Waals surface area contributed by atoms with Crippen LogP contribution < -0.4 is 4.74 Å². The largest absolute Gasteiger partial charge is 0.497 e. The van der Waals surface area contributed by atoms with Crippen LogP contribution in [0.15, 0.2) is 42.5 Å². The monoisotopic (exact) mass is 270 g/mol. The molecule has 0 radical (unpaired) electrons. The van der Waals surface area contributed by atoms with Gasteiger partial charge in [-0.25, -0.2) is 4.39 Å². The van der Waals surface area contributed by atoms with Gasteiger partial charge in [-0.3, -0.25) is 9.89 Å². The lowest BCUT2D eigenvalue weighted by Gasteiger charge is -2.01. The third-order valence-electron chi connectivity index (χ3n) is 3.09.